The maximum atomic E-state index is 12.9. The summed E-state index contributed by atoms with van der Waals surface area (Å²) in [6.07, 6.45) is 3.03. The summed E-state index contributed by atoms with van der Waals surface area (Å²) < 4.78 is 1.62. The molecule has 0 atom stereocenters. The van der Waals surface area contributed by atoms with Gasteiger partial charge in [-0.2, -0.15) is 0 Å². The van der Waals surface area contributed by atoms with E-state index >= 15 is 0 Å². The van der Waals surface area contributed by atoms with Crippen LogP contribution in [-0.2, 0) is 6.54 Å². The molecule has 0 N–H and O–H groups in total. The van der Waals surface area contributed by atoms with Crippen LogP contribution in [0.1, 0.15) is 29.8 Å². The molecule has 0 aliphatic carbocycles. The Morgan fingerprint density at radius 1 is 1.14 bits per heavy atom. The van der Waals surface area contributed by atoms with E-state index < -0.39 is 5.54 Å². The standard InChI is InChI=1S/C21H21N5O2/c1-14-4-6-15(7-5-14)18(27)11-26-20-24-17(16-8-9-22-13-23-16)10-19(28)25(20)12-21(26,2)3/h4-10,13H,11-12H2,1-3H3. The van der Waals surface area contributed by atoms with Gasteiger partial charge < -0.3 is 4.90 Å². The lowest BCUT2D eigenvalue weighted by atomic mass is 10.0. The third kappa shape index (κ3) is 3.19. The van der Waals surface area contributed by atoms with Gasteiger partial charge in [0.1, 0.15) is 6.33 Å². The maximum Gasteiger partial charge on any atom is 0.255 e. The number of hydrogen-bond donors (Lipinski definition) is 0. The lowest BCUT2D eigenvalue weighted by Gasteiger charge is -2.31. The highest BCUT2D eigenvalue weighted by Crippen LogP contribution is 2.32. The molecule has 0 saturated heterocycles. The smallest absolute Gasteiger partial charge is 0.255 e. The molecular formula is C21H21N5O2. The Balaban J connectivity index is 1.73. The number of anilines is 1. The molecule has 3 heterocycles. The number of rotatable bonds is 4. The van der Waals surface area contributed by atoms with Gasteiger partial charge in [0.25, 0.3) is 5.56 Å². The minimum Gasteiger partial charge on any atom is -0.328 e. The Morgan fingerprint density at radius 2 is 1.89 bits per heavy atom. The van der Waals surface area contributed by atoms with Crippen molar-refractivity contribution in [1.82, 2.24) is 19.5 Å². The van der Waals surface area contributed by atoms with Gasteiger partial charge >= 0.3 is 0 Å². The van der Waals surface area contributed by atoms with Crippen LogP contribution in [0.3, 0.4) is 0 Å². The molecule has 2 aromatic heterocycles. The predicted octanol–water partition coefficient (Wildman–Crippen LogP) is 2.49. The minimum absolute atomic E-state index is 0.0109. The van der Waals surface area contributed by atoms with Crippen LogP contribution < -0.4 is 10.5 Å². The van der Waals surface area contributed by atoms with Crippen LogP contribution in [0.5, 0.6) is 0 Å². The Bertz CT molecular complexity index is 1090. The molecule has 1 aliphatic heterocycles. The van der Waals surface area contributed by atoms with E-state index in [2.05, 4.69) is 15.0 Å². The summed E-state index contributed by atoms with van der Waals surface area (Å²) in [6.45, 7) is 6.62. The van der Waals surface area contributed by atoms with Gasteiger partial charge in [0.2, 0.25) is 5.95 Å². The summed E-state index contributed by atoms with van der Waals surface area (Å²) in [5.74, 6) is 0.481. The molecule has 7 heteroatoms. The molecule has 1 aromatic carbocycles. The predicted molar refractivity (Wildman–Crippen MR) is 106 cm³/mol. The average molecular weight is 375 g/mol. The van der Waals surface area contributed by atoms with Gasteiger partial charge in [-0.25, -0.2) is 15.0 Å². The van der Waals surface area contributed by atoms with E-state index in [1.165, 1.54) is 12.4 Å². The molecule has 0 spiro atoms. The van der Waals surface area contributed by atoms with Crippen LogP contribution >= 0.6 is 0 Å². The molecule has 0 unspecified atom stereocenters. The van der Waals surface area contributed by atoms with Gasteiger partial charge in [-0.15, -0.1) is 0 Å². The van der Waals surface area contributed by atoms with E-state index in [1.54, 1.807) is 16.8 Å². The van der Waals surface area contributed by atoms with E-state index in [1.807, 2.05) is 49.9 Å². The highest BCUT2D eigenvalue weighted by molar-refractivity contribution is 5.99. The Kier molecular flexibility index (Phi) is 4.30. The minimum atomic E-state index is -0.413. The van der Waals surface area contributed by atoms with Crippen molar-refractivity contribution >= 4 is 11.7 Å². The summed E-state index contributed by atoms with van der Waals surface area (Å²) >= 11 is 0. The topological polar surface area (TPSA) is 81.0 Å². The van der Waals surface area contributed by atoms with Crippen molar-refractivity contribution in [1.29, 1.82) is 0 Å². The lowest BCUT2D eigenvalue weighted by molar-refractivity contribution is 0.0993. The van der Waals surface area contributed by atoms with Gasteiger partial charge in [0.15, 0.2) is 5.78 Å². The zero-order valence-corrected chi connectivity index (χ0v) is 16.1. The monoisotopic (exact) mass is 375 g/mol. The Labute approximate surface area is 162 Å². The van der Waals surface area contributed by atoms with Crippen LogP contribution in [0.25, 0.3) is 11.4 Å². The van der Waals surface area contributed by atoms with Crippen molar-refractivity contribution in [2.45, 2.75) is 32.9 Å². The zero-order chi connectivity index (χ0) is 19.9. The average Bonchev–Trinajstić information content (AvgIpc) is 2.94. The molecule has 4 rings (SSSR count). The number of carbonyl (C=O) groups is 1. The number of carbonyl (C=O) groups excluding carboxylic acids is 1. The highest BCUT2D eigenvalue weighted by Gasteiger charge is 2.39. The summed E-state index contributed by atoms with van der Waals surface area (Å²) in [7, 11) is 0. The number of aromatic nitrogens is 4. The Morgan fingerprint density at radius 3 is 2.57 bits per heavy atom. The molecule has 0 saturated carbocycles. The van der Waals surface area contributed by atoms with Crippen molar-refractivity contribution in [3.05, 3.63) is 70.4 Å². The van der Waals surface area contributed by atoms with Crippen LogP contribution in [0.2, 0.25) is 0 Å². The van der Waals surface area contributed by atoms with Crippen molar-refractivity contribution in [3.8, 4) is 11.4 Å². The maximum absolute atomic E-state index is 12.9. The highest BCUT2D eigenvalue weighted by atomic mass is 16.1. The first-order valence-corrected chi connectivity index (χ1v) is 9.11. The number of ketones is 1. The van der Waals surface area contributed by atoms with E-state index in [0.717, 1.165) is 5.56 Å². The first-order valence-electron chi connectivity index (χ1n) is 9.11. The van der Waals surface area contributed by atoms with Gasteiger partial charge in [-0.1, -0.05) is 29.8 Å². The molecule has 0 amide bonds. The Hall–Kier alpha value is -3.35. The number of benzene rings is 1. The normalized spacial score (nSPS) is 14.8. The van der Waals surface area contributed by atoms with Crippen molar-refractivity contribution < 1.29 is 4.79 Å². The van der Waals surface area contributed by atoms with E-state index in [-0.39, 0.29) is 17.9 Å². The third-order valence-electron chi connectivity index (χ3n) is 5.02. The SMILES string of the molecule is Cc1ccc(C(=O)CN2c3nc(-c4ccncn4)cc(=O)n3CC2(C)C)cc1. The largest absolute Gasteiger partial charge is 0.328 e. The molecule has 1 aliphatic rings. The molecule has 0 radical (unpaired) electrons. The van der Waals surface area contributed by atoms with Crippen LogP contribution in [0.4, 0.5) is 5.95 Å². The van der Waals surface area contributed by atoms with E-state index in [0.29, 0.717) is 29.4 Å². The number of fused-ring (bicyclic) bond motifs is 1. The summed E-state index contributed by atoms with van der Waals surface area (Å²) in [6, 6.07) is 10.7. The summed E-state index contributed by atoms with van der Waals surface area (Å²) in [5, 5.41) is 0. The van der Waals surface area contributed by atoms with Gasteiger partial charge in [-0.05, 0) is 26.8 Å². The molecule has 0 bridgehead atoms. The van der Waals surface area contributed by atoms with Crippen LogP contribution in [0, 0.1) is 6.92 Å². The molecular weight excluding hydrogens is 354 g/mol. The zero-order valence-electron chi connectivity index (χ0n) is 16.1. The molecule has 0 fully saturated rings. The first-order chi connectivity index (χ1) is 13.3. The molecule has 28 heavy (non-hydrogen) atoms. The van der Waals surface area contributed by atoms with Gasteiger partial charge in [0.05, 0.1) is 30.0 Å². The molecule has 7 nitrogen and oxygen atoms in total. The summed E-state index contributed by atoms with van der Waals surface area (Å²) in [4.78, 5) is 40.2. The lowest BCUT2D eigenvalue weighted by Crippen LogP contribution is -2.44. The fourth-order valence-electron chi connectivity index (χ4n) is 3.42. The summed E-state index contributed by atoms with van der Waals surface area (Å²) in [5.41, 5.74) is 2.23. The van der Waals surface area contributed by atoms with Crippen molar-refractivity contribution in [2.75, 3.05) is 11.4 Å². The number of nitrogens with zero attached hydrogens (tertiary/aromatic N) is 5. The first kappa shape index (κ1) is 18.0. The fourth-order valence-corrected chi connectivity index (χ4v) is 3.42. The number of aryl methyl sites for hydroxylation is 1. The quantitative estimate of drug-likeness (QED) is 0.652. The number of hydrogen-bond acceptors (Lipinski definition) is 6. The van der Waals surface area contributed by atoms with E-state index in [9.17, 15) is 9.59 Å². The van der Waals surface area contributed by atoms with Crippen LogP contribution in [-0.4, -0.2) is 37.4 Å². The van der Waals surface area contributed by atoms with Crippen LogP contribution in [0.15, 0.2) is 53.7 Å². The van der Waals surface area contributed by atoms with E-state index in [4.69, 9.17) is 0 Å². The second-order valence-corrected chi connectivity index (χ2v) is 7.65. The van der Waals surface area contributed by atoms with Crippen molar-refractivity contribution in [3.63, 3.8) is 0 Å². The van der Waals surface area contributed by atoms with Crippen molar-refractivity contribution in [2.24, 2.45) is 0 Å². The second kappa shape index (κ2) is 6.67. The van der Waals surface area contributed by atoms with Gasteiger partial charge in [0, 0.05) is 17.8 Å². The van der Waals surface area contributed by atoms with Gasteiger partial charge in [-0.3, -0.25) is 14.2 Å². The second-order valence-electron chi connectivity index (χ2n) is 7.65. The molecule has 142 valence electrons. The molecule has 3 aromatic rings. The number of Topliss-reactive ketones (excluding diaryl/α,β-unsaturated/α-hetero) is 1. The fraction of sp³-hybridized carbons (Fsp3) is 0.286. The third-order valence-corrected chi connectivity index (χ3v) is 5.02.